The molecule has 7 rings (SSSR count). The number of aromatic nitrogens is 4. The lowest BCUT2D eigenvalue weighted by molar-refractivity contribution is -0.895. The highest BCUT2D eigenvalue weighted by molar-refractivity contribution is 6.00. The summed E-state index contributed by atoms with van der Waals surface area (Å²) in [5.41, 5.74) is -0.701. The number of quaternary nitrogens is 1. The number of amides is 2. The van der Waals surface area contributed by atoms with E-state index >= 15 is 0 Å². The summed E-state index contributed by atoms with van der Waals surface area (Å²) in [5.74, 6) is -1.02. The van der Waals surface area contributed by atoms with Crippen LogP contribution in [0.25, 0.3) is 22.8 Å². The average Bonchev–Trinajstić information content (AvgIpc) is 3.72. The van der Waals surface area contributed by atoms with Crippen LogP contribution in [0.5, 0.6) is 0 Å². The van der Waals surface area contributed by atoms with E-state index in [4.69, 9.17) is 0 Å². The summed E-state index contributed by atoms with van der Waals surface area (Å²) in [5, 5.41) is 19.6. The zero-order valence-electron chi connectivity index (χ0n) is 30.3. The Morgan fingerprint density at radius 1 is 0.870 bits per heavy atom. The van der Waals surface area contributed by atoms with Crippen LogP contribution in [0.3, 0.4) is 0 Å². The number of piperidine rings is 1. The lowest BCUT2D eigenvalue weighted by atomic mass is 9.79. The van der Waals surface area contributed by atoms with E-state index in [0.717, 1.165) is 47.2 Å². The number of carbonyl (C=O) groups is 2. The minimum Gasteiger partial charge on any atom is -0.353 e. The van der Waals surface area contributed by atoms with Crippen LogP contribution in [0.4, 0.5) is 13.2 Å². The standard InChI is InChI=1S/C34H35F3N8O3.C6H6/c1-42-30(28-11-14-39-43(28)26-9-7-21(20-38)8-10-26)29(33(48)44(42)27-6-4-5-23(19-27)34(35,36)37)32(47)41-25-17-22(18-25)31(46)40-24-12-15-45(2,3)16-13-24;1-2-4-6-5-3-1/h4-11,14,19,22,24-25H,12-13,15-18H2,1-3H3,(H-,40,41,46,47);1-6H/p+1. The van der Waals surface area contributed by atoms with Gasteiger partial charge in [-0.15, -0.1) is 0 Å². The minimum absolute atomic E-state index is 0.0451. The second-order valence-corrected chi connectivity index (χ2v) is 14.4. The Morgan fingerprint density at radius 3 is 2.09 bits per heavy atom. The molecule has 1 saturated heterocycles. The van der Waals surface area contributed by atoms with E-state index in [0.29, 0.717) is 29.8 Å². The molecule has 54 heavy (non-hydrogen) atoms. The summed E-state index contributed by atoms with van der Waals surface area (Å²) >= 11 is 0. The molecule has 0 spiro atoms. The Balaban J connectivity index is 0.000000755. The fourth-order valence-electron chi connectivity index (χ4n) is 6.90. The second kappa shape index (κ2) is 15.6. The van der Waals surface area contributed by atoms with E-state index in [1.54, 1.807) is 30.3 Å². The van der Waals surface area contributed by atoms with Crippen LogP contribution in [0.1, 0.15) is 47.2 Å². The molecule has 0 bridgehead atoms. The first-order chi connectivity index (χ1) is 25.8. The van der Waals surface area contributed by atoms with Crippen molar-refractivity contribution in [3.05, 3.63) is 124 Å². The first-order valence-electron chi connectivity index (χ1n) is 17.7. The smallest absolute Gasteiger partial charge is 0.353 e. The van der Waals surface area contributed by atoms with Crippen molar-refractivity contribution in [3.63, 3.8) is 0 Å². The summed E-state index contributed by atoms with van der Waals surface area (Å²) in [4.78, 5) is 40.9. The largest absolute Gasteiger partial charge is 0.416 e. The van der Waals surface area contributed by atoms with Crippen molar-refractivity contribution in [3.8, 4) is 28.8 Å². The molecule has 0 radical (unpaired) electrons. The Morgan fingerprint density at radius 2 is 1.50 bits per heavy atom. The number of nitrogens with one attached hydrogen (secondary N) is 2. The van der Waals surface area contributed by atoms with Gasteiger partial charge < -0.3 is 15.1 Å². The van der Waals surface area contributed by atoms with Gasteiger partial charge in [0, 0.05) is 37.9 Å². The summed E-state index contributed by atoms with van der Waals surface area (Å²) in [7, 11) is 5.83. The van der Waals surface area contributed by atoms with Crippen molar-refractivity contribution < 1.29 is 27.2 Å². The van der Waals surface area contributed by atoms with Gasteiger partial charge in [0.2, 0.25) is 5.91 Å². The summed E-state index contributed by atoms with van der Waals surface area (Å²) < 4.78 is 45.7. The molecule has 5 aromatic rings. The highest BCUT2D eigenvalue weighted by Crippen LogP contribution is 2.33. The number of hydrogen-bond donors (Lipinski definition) is 2. The molecule has 280 valence electrons. The van der Waals surface area contributed by atoms with Crippen LogP contribution < -0.4 is 16.2 Å². The Kier molecular flexibility index (Phi) is 10.9. The zero-order chi connectivity index (χ0) is 38.6. The molecule has 2 amide bonds. The first-order valence-corrected chi connectivity index (χ1v) is 17.7. The van der Waals surface area contributed by atoms with Crippen LogP contribution in [-0.2, 0) is 18.0 Å². The highest BCUT2D eigenvalue weighted by Gasteiger charge is 2.39. The molecular weight excluding hydrogens is 697 g/mol. The van der Waals surface area contributed by atoms with Gasteiger partial charge in [0.05, 0.1) is 67.6 Å². The Bertz CT molecular complexity index is 2170. The molecule has 1 aliphatic heterocycles. The summed E-state index contributed by atoms with van der Waals surface area (Å²) in [6.45, 7) is 1.96. The van der Waals surface area contributed by atoms with Crippen molar-refractivity contribution >= 4 is 11.8 Å². The van der Waals surface area contributed by atoms with E-state index < -0.39 is 23.2 Å². The molecule has 2 aromatic heterocycles. The molecular formula is C40H42F3N8O3+. The maximum Gasteiger partial charge on any atom is 0.416 e. The van der Waals surface area contributed by atoms with Gasteiger partial charge in [-0.25, -0.2) is 9.36 Å². The van der Waals surface area contributed by atoms with Gasteiger partial charge >= 0.3 is 6.18 Å². The van der Waals surface area contributed by atoms with Crippen LogP contribution >= 0.6 is 0 Å². The maximum absolute atomic E-state index is 14.0. The molecule has 0 unspecified atom stereocenters. The molecule has 14 heteroatoms. The van der Waals surface area contributed by atoms with Crippen LogP contribution in [0, 0.1) is 17.2 Å². The predicted molar refractivity (Wildman–Crippen MR) is 197 cm³/mol. The number of benzene rings is 3. The van der Waals surface area contributed by atoms with Gasteiger partial charge in [0.25, 0.3) is 11.5 Å². The number of nitrogens with zero attached hydrogens (tertiary/aromatic N) is 6. The summed E-state index contributed by atoms with van der Waals surface area (Å²) in [6.07, 6.45) is -0.568. The third-order valence-corrected chi connectivity index (χ3v) is 10.1. The Labute approximate surface area is 310 Å². The van der Waals surface area contributed by atoms with E-state index in [1.807, 2.05) is 42.5 Å². The monoisotopic (exact) mass is 739 g/mol. The van der Waals surface area contributed by atoms with Gasteiger partial charge in [0.1, 0.15) is 11.3 Å². The quantitative estimate of drug-likeness (QED) is 0.214. The maximum atomic E-state index is 14.0. The number of halogens is 3. The van der Waals surface area contributed by atoms with Crippen LogP contribution in [0.2, 0.25) is 0 Å². The van der Waals surface area contributed by atoms with Crippen molar-refractivity contribution in [2.24, 2.45) is 13.0 Å². The normalized spacial score (nSPS) is 18.0. The van der Waals surface area contributed by atoms with Crippen molar-refractivity contribution in [2.45, 2.75) is 43.9 Å². The number of carbonyl (C=O) groups excluding carboxylic acids is 2. The number of alkyl halides is 3. The molecule has 3 aromatic carbocycles. The highest BCUT2D eigenvalue weighted by atomic mass is 19.4. The third-order valence-electron chi connectivity index (χ3n) is 10.1. The number of likely N-dealkylation sites (tertiary alicyclic amines) is 1. The number of nitriles is 1. The number of hydrogen-bond acceptors (Lipinski definition) is 5. The van der Waals surface area contributed by atoms with Gasteiger partial charge in [-0.1, -0.05) is 42.5 Å². The fraction of sp³-hybridized carbons (Fsp3) is 0.325. The lowest BCUT2D eigenvalue weighted by Crippen LogP contribution is -2.55. The van der Waals surface area contributed by atoms with Crippen LogP contribution in [0.15, 0.2) is 102 Å². The van der Waals surface area contributed by atoms with Crippen LogP contribution in [-0.4, -0.2) is 74.7 Å². The average molecular weight is 740 g/mol. The number of rotatable bonds is 7. The van der Waals surface area contributed by atoms with Gasteiger partial charge in [0.15, 0.2) is 0 Å². The fourth-order valence-corrected chi connectivity index (χ4v) is 6.90. The van der Waals surface area contributed by atoms with Gasteiger partial charge in [-0.2, -0.15) is 23.5 Å². The van der Waals surface area contributed by atoms with E-state index in [2.05, 4.69) is 29.8 Å². The molecule has 2 fully saturated rings. The first kappa shape index (κ1) is 37.8. The van der Waals surface area contributed by atoms with E-state index in [9.17, 15) is 32.8 Å². The van der Waals surface area contributed by atoms with Gasteiger partial charge in [-0.3, -0.25) is 19.1 Å². The van der Waals surface area contributed by atoms with Crippen molar-refractivity contribution in [1.29, 1.82) is 5.26 Å². The lowest BCUT2D eigenvalue weighted by Gasteiger charge is -2.39. The third kappa shape index (κ3) is 8.31. The topological polar surface area (TPSA) is 127 Å². The second-order valence-electron chi connectivity index (χ2n) is 14.4. The Hall–Kier alpha value is -5.94. The molecule has 1 aliphatic carbocycles. The van der Waals surface area contributed by atoms with E-state index in [1.165, 1.54) is 34.7 Å². The molecule has 3 heterocycles. The summed E-state index contributed by atoms with van der Waals surface area (Å²) in [6, 6.07) is 26.2. The van der Waals surface area contributed by atoms with Crippen molar-refractivity contribution in [1.82, 2.24) is 29.8 Å². The van der Waals surface area contributed by atoms with Gasteiger partial charge in [-0.05, 0) is 61.4 Å². The predicted octanol–water partition coefficient (Wildman–Crippen LogP) is 5.47. The van der Waals surface area contributed by atoms with Crippen molar-refractivity contribution in [2.75, 3.05) is 27.2 Å². The van der Waals surface area contributed by atoms with E-state index in [-0.39, 0.29) is 40.9 Å². The molecule has 2 N–H and O–H groups in total. The molecule has 2 aliphatic rings. The molecule has 1 saturated carbocycles. The minimum atomic E-state index is -4.65. The molecule has 11 nitrogen and oxygen atoms in total. The molecule has 0 atom stereocenters. The SMILES string of the molecule is Cn1c(-c2ccnn2-c2ccc(C#N)cc2)c(C(=O)NC2CC(C(=O)NC3CC[N+](C)(C)CC3)C2)c(=O)n1-c1cccc(C(F)(F)F)c1.c1ccccc1. The zero-order valence-corrected chi connectivity index (χ0v) is 30.3.